The molecule has 0 heterocycles. The van der Waals surface area contributed by atoms with E-state index in [1.807, 2.05) is 12.2 Å². The third-order valence-corrected chi connectivity index (χ3v) is 13.8. The predicted molar refractivity (Wildman–Crippen MR) is 259 cm³/mol. The zero-order valence-corrected chi connectivity index (χ0v) is 34.8. The normalized spacial score (nSPS) is 14.9. The van der Waals surface area contributed by atoms with Gasteiger partial charge < -0.3 is 4.90 Å². The van der Waals surface area contributed by atoms with Crippen LogP contribution in [-0.2, 0) is 17.3 Å². The van der Waals surface area contributed by atoms with Crippen LogP contribution < -0.4 is 4.90 Å². The summed E-state index contributed by atoms with van der Waals surface area (Å²) in [6.07, 6.45) is 13.8. The highest BCUT2D eigenvalue weighted by Crippen LogP contribution is 2.54. The van der Waals surface area contributed by atoms with Crippen molar-refractivity contribution < 1.29 is 0 Å². The Kier molecular flexibility index (Phi) is 8.00. The van der Waals surface area contributed by atoms with Crippen molar-refractivity contribution in [1.82, 2.24) is 0 Å². The Balaban J connectivity index is 1.09. The van der Waals surface area contributed by atoms with E-state index in [0.29, 0.717) is 0 Å². The van der Waals surface area contributed by atoms with E-state index in [-0.39, 0.29) is 10.8 Å². The molecule has 0 aromatic heterocycles. The van der Waals surface area contributed by atoms with Crippen molar-refractivity contribution in [2.24, 2.45) is 0 Å². The molecule has 8 aromatic rings. The molecule has 0 saturated carbocycles. The molecule has 0 unspecified atom stereocenters. The second kappa shape index (κ2) is 13.3. The highest BCUT2D eigenvalue weighted by molar-refractivity contribution is 6.02. The molecule has 3 aliphatic carbocycles. The highest BCUT2D eigenvalue weighted by Gasteiger charge is 2.38. The number of rotatable bonds is 6. The van der Waals surface area contributed by atoms with Crippen molar-refractivity contribution >= 4 is 56.8 Å². The Bertz CT molecular complexity index is 3220. The second-order valence-electron chi connectivity index (χ2n) is 17.7. The zero-order valence-electron chi connectivity index (χ0n) is 34.8. The average Bonchev–Trinajstić information content (AvgIpc) is 3.46. The first-order valence-corrected chi connectivity index (χ1v) is 21.2. The molecule has 0 fully saturated rings. The number of benzene rings is 8. The first kappa shape index (κ1) is 36.1. The van der Waals surface area contributed by atoms with E-state index >= 15 is 0 Å². The number of hydrogen-bond donors (Lipinski definition) is 0. The summed E-state index contributed by atoms with van der Waals surface area (Å²) >= 11 is 0. The van der Waals surface area contributed by atoms with Crippen LogP contribution in [0.3, 0.4) is 0 Å². The van der Waals surface area contributed by atoms with E-state index in [1.54, 1.807) is 0 Å². The fourth-order valence-electron chi connectivity index (χ4n) is 10.8. The van der Waals surface area contributed by atoms with Gasteiger partial charge in [0.2, 0.25) is 0 Å². The SMILES string of the molecule is C=Cc1c(N(c2ccc3c(c2)C(C)(C)c2ccccc2-3)c2ccc3c(c2)C(C)(C)c2cc(-c4cc5ccccc5c5c4CC=CC=C5)ccc2-3)cc2ccccc2c1C=C. The van der Waals surface area contributed by atoms with E-state index in [2.05, 4.69) is 210 Å². The third-order valence-electron chi connectivity index (χ3n) is 13.8. The van der Waals surface area contributed by atoms with Crippen molar-refractivity contribution in [3.05, 3.63) is 215 Å². The molecule has 11 rings (SSSR count). The summed E-state index contributed by atoms with van der Waals surface area (Å²) in [5.41, 5.74) is 21.1. The van der Waals surface area contributed by atoms with Crippen molar-refractivity contribution in [2.45, 2.75) is 44.9 Å². The van der Waals surface area contributed by atoms with E-state index in [4.69, 9.17) is 0 Å². The lowest BCUT2D eigenvalue weighted by Gasteiger charge is -2.31. The number of hydrogen-bond acceptors (Lipinski definition) is 1. The Morgan fingerprint density at radius 3 is 1.77 bits per heavy atom. The van der Waals surface area contributed by atoms with Crippen LogP contribution in [0.25, 0.3) is 73.2 Å². The highest BCUT2D eigenvalue weighted by atomic mass is 15.1. The number of fused-ring (bicyclic) bond motifs is 10. The fourth-order valence-corrected chi connectivity index (χ4v) is 10.8. The van der Waals surface area contributed by atoms with Gasteiger partial charge in [-0.05, 0) is 143 Å². The molecule has 3 aliphatic rings. The van der Waals surface area contributed by atoms with Crippen molar-refractivity contribution in [3.8, 4) is 33.4 Å². The first-order valence-electron chi connectivity index (χ1n) is 21.2. The molecule has 0 aliphatic heterocycles. The maximum absolute atomic E-state index is 4.39. The van der Waals surface area contributed by atoms with Crippen molar-refractivity contribution in [2.75, 3.05) is 4.90 Å². The van der Waals surface area contributed by atoms with Crippen LogP contribution in [0.1, 0.15) is 72.2 Å². The first-order chi connectivity index (χ1) is 29.2. The van der Waals surface area contributed by atoms with E-state index in [0.717, 1.165) is 34.6 Å². The summed E-state index contributed by atoms with van der Waals surface area (Å²) < 4.78 is 0. The van der Waals surface area contributed by atoms with E-state index in [1.165, 1.54) is 88.3 Å². The van der Waals surface area contributed by atoms with Gasteiger partial charge in [0.05, 0.1) is 5.69 Å². The van der Waals surface area contributed by atoms with Crippen molar-refractivity contribution in [3.63, 3.8) is 0 Å². The van der Waals surface area contributed by atoms with Gasteiger partial charge in [0.15, 0.2) is 0 Å². The molecular weight excluding hydrogens is 723 g/mol. The van der Waals surface area contributed by atoms with Crippen molar-refractivity contribution in [1.29, 1.82) is 0 Å². The molecule has 0 amide bonds. The molecule has 60 heavy (non-hydrogen) atoms. The quantitative estimate of drug-likeness (QED) is 0.163. The number of allylic oxidation sites excluding steroid dienone is 3. The van der Waals surface area contributed by atoms with Crippen LogP contribution in [0.15, 0.2) is 171 Å². The molecule has 288 valence electrons. The Hall–Kier alpha value is -6.96. The van der Waals surface area contributed by atoms with Crippen LogP contribution in [0.2, 0.25) is 0 Å². The second-order valence-corrected chi connectivity index (χ2v) is 17.7. The summed E-state index contributed by atoms with van der Waals surface area (Å²) in [5.74, 6) is 0. The van der Waals surface area contributed by atoms with Gasteiger partial charge in [0.1, 0.15) is 0 Å². The molecule has 0 atom stereocenters. The third kappa shape index (κ3) is 5.18. The minimum absolute atomic E-state index is 0.139. The van der Waals surface area contributed by atoms with Crippen LogP contribution in [0.4, 0.5) is 17.1 Å². The molecule has 8 aromatic carbocycles. The summed E-state index contributed by atoms with van der Waals surface area (Å²) in [5, 5.41) is 4.93. The molecule has 0 radical (unpaired) electrons. The van der Waals surface area contributed by atoms with Crippen LogP contribution in [0, 0.1) is 0 Å². The molecule has 0 N–H and O–H groups in total. The number of anilines is 3. The van der Waals surface area contributed by atoms with Gasteiger partial charge in [0.25, 0.3) is 0 Å². The average molecular weight is 770 g/mol. The standard InChI is InChI=1S/C59H47N/c1-7-42-43(8-2)57(34-38-19-13-14-20-44(38)42)60(40-27-30-50-48-24-16-17-25-53(48)58(3,4)55(50)35-40)41-28-31-51-49-29-26-39(33-54(49)59(5,6)56(51)36-41)52-32-37-18-12-15-21-45(37)46-22-10-9-11-23-47(46)52/h7-22,24-36H,1-2,23H2,3-6H3. The maximum Gasteiger partial charge on any atom is 0.0546 e. The molecule has 0 spiro atoms. The predicted octanol–water partition coefficient (Wildman–Crippen LogP) is 16.2. The topological polar surface area (TPSA) is 3.24 Å². The summed E-state index contributed by atoms with van der Waals surface area (Å²) in [7, 11) is 0. The lowest BCUT2D eigenvalue weighted by Crippen LogP contribution is -2.18. The van der Waals surface area contributed by atoms with Gasteiger partial charge >= 0.3 is 0 Å². The Morgan fingerprint density at radius 1 is 0.500 bits per heavy atom. The molecule has 0 saturated heterocycles. The molecular formula is C59H47N. The van der Waals surface area contributed by atoms with Gasteiger partial charge in [-0.2, -0.15) is 0 Å². The van der Waals surface area contributed by atoms with Crippen LogP contribution in [-0.4, -0.2) is 0 Å². The van der Waals surface area contributed by atoms with Crippen LogP contribution in [0.5, 0.6) is 0 Å². The van der Waals surface area contributed by atoms with Gasteiger partial charge in [-0.15, -0.1) is 0 Å². The maximum atomic E-state index is 4.39. The molecule has 0 bridgehead atoms. The number of nitrogens with zero attached hydrogens (tertiary/aromatic N) is 1. The summed E-state index contributed by atoms with van der Waals surface area (Å²) in [6, 6.07) is 52.5. The Labute approximate surface area is 354 Å². The largest absolute Gasteiger partial charge is 0.310 e. The zero-order chi connectivity index (χ0) is 40.9. The monoisotopic (exact) mass is 769 g/mol. The van der Waals surface area contributed by atoms with Gasteiger partial charge in [0, 0.05) is 27.8 Å². The van der Waals surface area contributed by atoms with Gasteiger partial charge in [-0.25, -0.2) is 0 Å². The Morgan fingerprint density at radius 2 is 1.07 bits per heavy atom. The van der Waals surface area contributed by atoms with E-state index in [9.17, 15) is 0 Å². The summed E-state index contributed by atoms with van der Waals surface area (Å²) in [6.45, 7) is 18.2. The lowest BCUT2D eigenvalue weighted by atomic mass is 9.80. The van der Waals surface area contributed by atoms with Crippen LogP contribution >= 0.6 is 0 Å². The molecule has 1 heteroatoms. The fraction of sp³-hybridized carbons (Fsp3) is 0.119. The van der Waals surface area contributed by atoms with E-state index < -0.39 is 0 Å². The molecule has 1 nitrogen and oxygen atoms in total. The summed E-state index contributed by atoms with van der Waals surface area (Å²) in [4.78, 5) is 2.46. The van der Waals surface area contributed by atoms with Gasteiger partial charge in [-0.3, -0.25) is 0 Å². The minimum atomic E-state index is -0.242. The minimum Gasteiger partial charge on any atom is -0.310 e. The smallest absolute Gasteiger partial charge is 0.0546 e. The van der Waals surface area contributed by atoms with Gasteiger partial charge in [-0.1, -0.05) is 174 Å². The lowest BCUT2D eigenvalue weighted by molar-refractivity contribution is 0.660.